The zero-order chi connectivity index (χ0) is 12.7. The molecule has 17 heavy (non-hydrogen) atoms. The third-order valence-corrected chi connectivity index (χ3v) is 2.19. The van der Waals surface area contributed by atoms with Crippen LogP contribution in [0.15, 0.2) is 24.3 Å². The van der Waals surface area contributed by atoms with Gasteiger partial charge in [-0.1, -0.05) is 25.5 Å². The Kier molecular flexibility index (Phi) is 5.28. The van der Waals surface area contributed by atoms with E-state index < -0.39 is 6.36 Å². The first-order valence-electron chi connectivity index (χ1n) is 5.55. The van der Waals surface area contributed by atoms with Crippen molar-refractivity contribution < 1.29 is 17.9 Å². The standard InChI is InChI=1S/C12H16F3NO/c1-2-3-10-4-6-11(7-5-10)16-8-9-17-12(13,14)15/h4-7,16H,2-3,8-9H2,1H3. The van der Waals surface area contributed by atoms with Crippen LogP contribution in [-0.4, -0.2) is 19.5 Å². The molecule has 0 heterocycles. The van der Waals surface area contributed by atoms with Gasteiger partial charge in [0.15, 0.2) is 0 Å². The Bertz CT molecular complexity index is 322. The molecule has 96 valence electrons. The fourth-order valence-electron chi connectivity index (χ4n) is 1.44. The molecule has 0 spiro atoms. The van der Waals surface area contributed by atoms with Crippen LogP contribution < -0.4 is 5.32 Å². The second-order valence-electron chi connectivity index (χ2n) is 3.67. The minimum Gasteiger partial charge on any atom is -0.383 e. The SMILES string of the molecule is CCCc1ccc(NCCOC(F)(F)F)cc1. The molecule has 1 aromatic rings. The van der Waals surface area contributed by atoms with E-state index in [0.29, 0.717) is 0 Å². The highest BCUT2D eigenvalue weighted by Gasteiger charge is 2.28. The normalized spacial score (nSPS) is 11.5. The second kappa shape index (κ2) is 6.49. The van der Waals surface area contributed by atoms with Crippen molar-refractivity contribution in [2.75, 3.05) is 18.5 Å². The van der Waals surface area contributed by atoms with E-state index >= 15 is 0 Å². The molecule has 1 N–H and O–H groups in total. The minimum atomic E-state index is -4.55. The Morgan fingerprint density at radius 3 is 2.35 bits per heavy atom. The molecule has 0 fully saturated rings. The quantitative estimate of drug-likeness (QED) is 0.776. The number of halogens is 3. The smallest absolute Gasteiger partial charge is 0.383 e. The Balaban J connectivity index is 2.27. The molecule has 0 unspecified atom stereocenters. The highest BCUT2D eigenvalue weighted by Crippen LogP contribution is 2.16. The Morgan fingerprint density at radius 2 is 1.82 bits per heavy atom. The van der Waals surface area contributed by atoms with Crippen LogP contribution in [0.1, 0.15) is 18.9 Å². The highest BCUT2D eigenvalue weighted by molar-refractivity contribution is 5.44. The zero-order valence-corrected chi connectivity index (χ0v) is 9.68. The van der Waals surface area contributed by atoms with E-state index in [4.69, 9.17) is 0 Å². The first kappa shape index (κ1) is 13.8. The summed E-state index contributed by atoms with van der Waals surface area (Å²) in [5, 5.41) is 2.86. The summed E-state index contributed by atoms with van der Waals surface area (Å²) < 4.78 is 38.7. The Hall–Kier alpha value is -1.23. The summed E-state index contributed by atoms with van der Waals surface area (Å²) in [5.41, 5.74) is 2.03. The molecule has 5 heteroatoms. The van der Waals surface area contributed by atoms with Gasteiger partial charge in [0, 0.05) is 12.2 Å². The van der Waals surface area contributed by atoms with Crippen molar-refractivity contribution in [2.24, 2.45) is 0 Å². The predicted molar refractivity (Wildman–Crippen MR) is 60.9 cm³/mol. The molecule has 0 saturated carbocycles. The van der Waals surface area contributed by atoms with Crippen molar-refractivity contribution in [3.05, 3.63) is 29.8 Å². The van der Waals surface area contributed by atoms with Crippen molar-refractivity contribution in [1.29, 1.82) is 0 Å². The van der Waals surface area contributed by atoms with Crippen LogP contribution in [0.2, 0.25) is 0 Å². The van der Waals surface area contributed by atoms with Gasteiger partial charge in [-0.2, -0.15) is 0 Å². The molecule has 2 nitrogen and oxygen atoms in total. The Morgan fingerprint density at radius 1 is 1.18 bits per heavy atom. The van der Waals surface area contributed by atoms with E-state index in [1.165, 1.54) is 5.56 Å². The lowest BCUT2D eigenvalue weighted by atomic mass is 10.1. The third-order valence-electron chi connectivity index (χ3n) is 2.19. The summed E-state index contributed by atoms with van der Waals surface area (Å²) >= 11 is 0. The lowest BCUT2D eigenvalue weighted by molar-refractivity contribution is -0.322. The molecular formula is C12H16F3NO. The van der Waals surface area contributed by atoms with Crippen LogP contribution in [0.5, 0.6) is 0 Å². The van der Waals surface area contributed by atoms with Crippen LogP contribution in [0.3, 0.4) is 0 Å². The first-order chi connectivity index (χ1) is 8.01. The molecule has 0 radical (unpaired) electrons. The summed E-state index contributed by atoms with van der Waals surface area (Å²) in [4.78, 5) is 0. The fourth-order valence-corrected chi connectivity index (χ4v) is 1.44. The van der Waals surface area contributed by atoms with Crippen molar-refractivity contribution >= 4 is 5.69 Å². The lowest BCUT2D eigenvalue weighted by Gasteiger charge is -2.09. The van der Waals surface area contributed by atoms with Gasteiger partial charge in [0.05, 0.1) is 6.61 Å². The van der Waals surface area contributed by atoms with Gasteiger partial charge in [0.25, 0.3) is 0 Å². The van der Waals surface area contributed by atoms with Gasteiger partial charge in [0.2, 0.25) is 0 Å². The lowest BCUT2D eigenvalue weighted by Crippen LogP contribution is -2.19. The summed E-state index contributed by atoms with van der Waals surface area (Å²) in [7, 11) is 0. The maximum absolute atomic E-state index is 11.7. The number of alkyl halides is 3. The van der Waals surface area contributed by atoms with E-state index in [2.05, 4.69) is 17.0 Å². The highest BCUT2D eigenvalue weighted by atomic mass is 19.4. The largest absolute Gasteiger partial charge is 0.522 e. The number of benzene rings is 1. The summed E-state index contributed by atoms with van der Waals surface area (Å²) in [6.07, 6.45) is -2.46. The topological polar surface area (TPSA) is 21.3 Å². The van der Waals surface area contributed by atoms with Crippen LogP contribution in [0.4, 0.5) is 18.9 Å². The van der Waals surface area contributed by atoms with Gasteiger partial charge in [-0.15, -0.1) is 13.2 Å². The first-order valence-corrected chi connectivity index (χ1v) is 5.55. The molecule has 0 atom stereocenters. The monoisotopic (exact) mass is 247 g/mol. The number of anilines is 1. The van der Waals surface area contributed by atoms with E-state index in [9.17, 15) is 13.2 Å². The van der Waals surface area contributed by atoms with E-state index in [1.54, 1.807) is 0 Å². The van der Waals surface area contributed by atoms with Gasteiger partial charge in [-0.05, 0) is 24.1 Å². The van der Waals surface area contributed by atoms with Crippen molar-refractivity contribution in [1.82, 2.24) is 0 Å². The van der Waals surface area contributed by atoms with Gasteiger partial charge < -0.3 is 5.32 Å². The Labute approximate surface area is 98.8 Å². The number of rotatable bonds is 6. The third kappa shape index (κ3) is 6.16. The molecule has 0 aliphatic rings. The summed E-state index contributed by atoms with van der Waals surface area (Å²) in [5.74, 6) is 0. The minimum absolute atomic E-state index is 0.132. The maximum Gasteiger partial charge on any atom is 0.522 e. The van der Waals surface area contributed by atoms with Crippen LogP contribution >= 0.6 is 0 Å². The van der Waals surface area contributed by atoms with E-state index in [1.807, 2.05) is 24.3 Å². The number of hydrogen-bond donors (Lipinski definition) is 1. The molecule has 0 saturated heterocycles. The van der Waals surface area contributed by atoms with Gasteiger partial charge in [-0.3, -0.25) is 4.74 Å². The number of nitrogens with one attached hydrogen (secondary N) is 1. The molecular weight excluding hydrogens is 231 g/mol. The van der Waals surface area contributed by atoms with Crippen molar-refractivity contribution in [3.63, 3.8) is 0 Å². The average molecular weight is 247 g/mol. The molecule has 0 aromatic heterocycles. The van der Waals surface area contributed by atoms with Gasteiger partial charge >= 0.3 is 6.36 Å². The van der Waals surface area contributed by atoms with Crippen molar-refractivity contribution in [3.8, 4) is 0 Å². The molecule has 0 bridgehead atoms. The van der Waals surface area contributed by atoms with Crippen molar-refractivity contribution in [2.45, 2.75) is 26.1 Å². The van der Waals surface area contributed by atoms with E-state index in [-0.39, 0.29) is 13.2 Å². The molecule has 1 rings (SSSR count). The zero-order valence-electron chi connectivity index (χ0n) is 9.68. The maximum atomic E-state index is 11.7. The van der Waals surface area contributed by atoms with Crippen LogP contribution in [0.25, 0.3) is 0 Å². The average Bonchev–Trinajstić information content (AvgIpc) is 2.26. The molecule has 1 aromatic carbocycles. The molecule has 0 amide bonds. The van der Waals surface area contributed by atoms with Gasteiger partial charge in [0.1, 0.15) is 0 Å². The number of ether oxygens (including phenoxy) is 1. The second-order valence-corrected chi connectivity index (χ2v) is 3.67. The van der Waals surface area contributed by atoms with E-state index in [0.717, 1.165) is 18.5 Å². The predicted octanol–water partition coefficient (Wildman–Crippen LogP) is 3.59. The molecule has 0 aliphatic heterocycles. The summed E-state index contributed by atoms with van der Waals surface area (Å²) in [6, 6.07) is 7.66. The number of hydrogen-bond acceptors (Lipinski definition) is 2. The number of aryl methyl sites for hydroxylation is 1. The fraction of sp³-hybridized carbons (Fsp3) is 0.500. The summed E-state index contributed by atoms with van der Waals surface area (Å²) in [6.45, 7) is 1.84. The van der Waals surface area contributed by atoms with Crippen LogP contribution in [0, 0.1) is 0 Å². The van der Waals surface area contributed by atoms with Crippen LogP contribution in [-0.2, 0) is 11.2 Å². The molecule has 0 aliphatic carbocycles. The van der Waals surface area contributed by atoms with Gasteiger partial charge in [-0.25, -0.2) is 0 Å².